The van der Waals surface area contributed by atoms with Crippen LogP contribution in [0, 0.1) is 0 Å². The van der Waals surface area contributed by atoms with Crippen molar-refractivity contribution < 1.29 is 9.53 Å². The van der Waals surface area contributed by atoms with Gasteiger partial charge in [0.1, 0.15) is 0 Å². The van der Waals surface area contributed by atoms with Crippen molar-refractivity contribution in [3.8, 4) is 0 Å². The van der Waals surface area contributed by atoms with Crippen molar-refractivity contribution in [2.75, 3.05) is 7.11 Å². The summed E-state index contributed by atoms with van der Waals surface area (Å²) in [6.07, 6.45) is 0.350. The van der Waals surface area contributed by atoms with Crippen LogP contribution in [0.3, 0.4) is 0 Å². The lowest BCUT2D eigenvalue weighted by Gasteiger charge is -2.27. The minimum Gasteiger partial charge on any atom is -0.469 e. The zero-order chi connectivity index (χ0) is 15.1. The molecule has 21 heavy (non-hydrogen) atoms. The van der Waals surface area contributed by atoms with E-state index in [1.165, 1.54) is 7.11 Å². The molecule has 2 aromatic rings. The summed E-state index contributed by atoms with van der Waals surface area (Å²) in [5, 5.41) is 0. The van der Waals surface area contributed by atoms with E-state index < -0.39 is 0 Å². The molecule has 0 spiro atoms. The van der Waals surface area contributed by atoms with Gasteiger partial charge in [-0.1, -0.05) is 36.4 Å². The molecule has 2 rings (SSSR count). The van der Waals surface area contributed by atoms with E-state index in [9.17, 15) is 4.79 Å². The number of ether oxygens (including phenoxy) is 1. The van der Waals surface area contributed by atoms with Gasteiger partial charge in [0.15, 0.2) is 0 Å². The molecule has 110 valence electrons. The molecular formula is C17H18O2S2. The van der Waals surface area contributed by atoms with Gasteiger partial charge < -0.3 is 4.74 Å². The molecule has 0 saturated heterocycles. The van der Waals surface area contributed by atoms with E-state index in [0.717, 1.165) is 9.79 Å². The second-order valence-corrected chi connectivity index (χ2v) is 8.13. The van der Waals surface area contributed by atoms with E-state index in [4.69, 9.17) is 4.74 Å². The smallest absolute Gasteiger partial charge is 0.307 e. The van der Waals surface area contributed by atoms with E-state index >= 15 is 0 Å². The average Bonchev–Trinajstić information content (AvgIpc) is 2.48. The number of rotatable bonds is 6. The number of esters is 1. The minimum absolute atomic E-state index is 0.190. The van der Waals surface area contributed by atoms with E-state index in [0.29, 0.717) is 6.42 Å². The maximum absolute atomic E-state index is 11.8. The summed E-state index contributed by atoms with van der Waals surface area (Å²) in [5.74, 6) is -0.190. The van der Waals surface area contributed by atoms with Gasteiger partial charge in [-0.05, 0) is 31.2 Å². The maximum Gasteiger partial charge on any atom is 0.307 e. The first-order valence-corrected chi connectivity index (χ1v) is 8.29. The first-order valence-electron chi connectivity index (χ1n) is 6.66. The van der Waals surface area contributed by atoms with Gasteiger partial charge in [0.2, 0.25) is 0 Å². The second kappa shape index (κ2) is 7.57. The van der Waals surface area contributed by atoms with Gasteiger partial charge in [0.05, 0.1) is 17.6 Å². The summed E-state index contributed by atoms with van der Waals surface area (Å²) in [5.41, 5.74) is 0. The quantitative estimate of drug-likeness (QED) is 0.432. The fourth-order valence-electron chi connectivity index (χ4n) is 1.90. The molecule has 0 amide bonds. The highest BCUT2D eigenvalue weighted by atomic mass is 32.2. The Morgan fingerprint density at radius 3 is 1.76 bits per heavy atom. The van der Waals surface area contributed by atoms with Crippen molar-refractivity contribution in [1.29, 1.82) is 0 Å². The number of carbonyl (C=O) groups is 1. The molecule has 0 heterocycles. The lowest BCUT2D eigenvalue weighted by molar-refractivity contribution is -0.140. The van der Waals surface area contributed by atoms with Crippen LogP contribution >= 0.6 is 23.5 Å². The summed E-state index contributed by atoms with van der Waals surface area (Å²) in [4.78, 5) is 14.1. The highest BCUT2D eigenvalue weighted by Crippen LogP contribution is 2.47. The Kier molecular flexibility index (Phi) is 5.76. The number of benzene rings is 2. The SMILES string of the molecule is COC(=O)CC(C)(Sc1ccccc1)Sc1ccccc1. The number of hydrogen-bond acceptors (Lipinski definition) is 4. The predicted octanol–water partition coefficient (Wildman–Crippen LogP) is 4.85. The van der Waals surface area contributed by atoms with E-state index in [-0.39, 0.29) is 10.0 Å². The molecule has 0 bridgehead atoms. The summed E-state index contributed by atoms with van der Waals surface area (Å²) in [6, 6.07) is 20.3. The average molecular weight is 318 g/mol. The standard InChI is InChI=1S/C17H18O2S2/c1-17(13-16(18)19-2,20-14-9-5-3-6-10-14)21-15-11-7-4-8-12-15/h3-12H,13H2,1-2H3. The minimum atomic E-state index is -0.310. The van der Waals surface area contributed by atoms with E-state index in [2.05, 4.69) is 31.2 Å². The Labute approximate surface area is 134 Å². The number of carbonyl (C=O) groups excluding carboxylic acids is 1. The van der Waals surface area contributed by atoms with E-state index in [1.54, 1.807) is 23.5 Å². The molecule has 4 heteroatoms. The maximum atomic E-state index is 11.8. The van der Waals surface area contributed by atoms with Crippen LogP contribution in [0.15, 0.2) is 70.5 Å². The summed E-state index contributed by atoms with van der Waals surface area (Å²) < 4.78 is 4.55. The van der Waals surface area contributed by atoms with E-state index in [1.807, 2.05) is 36.4 Å². The Hall–Kier alpha value is -1.39. The topological polar surface area (TPSA) is 26.3 Å². The zero-order valence-corrected chi connectivity index (χ0v) is 13.7. The first-order chi connectivity index (χ1) is 10.1. The molecule has 0 aliphatic carbocycles. The van der Waals surface area contributed by atoms with Gasteiger partial charge in [0, 0.05) is 9.79 Å². The molecule has 0 radical (unpaired) electrons. The van der Waals surface area contributed by atoms with Gasteiger partial charge >= 0.3 is 5.97 Å². The molecule has 0 saturated carbocycles. The largest absolute Gasteiger partial charge is 0.469 e. The third kappa shape index (κ3) is 5.14. The van der Waals surface area contributed by atoms with Gasteiger partial charge in [-0.25, -0.2) is 0 Å². The van der Waals surface area contributed by atoms with Gasteiger partial charge in [-0.3, -0.25) is 4.79 Å². The van der Waals surface area contributed by atoms with Crippen molar-refractivity contribution in [3.63, 3.8) is 0 Å². The van der Waals surface area contributed by atoms with Crippen molar-refractivity contribution in [1.82, 2.24) is 0 Å². The number of hydrogen-bond donors (Lipinski definition) is 0. The molecule has 0 aromatic heterocycles. The molecule has 0 atom stereocenters. The van der Waals surface area contributed by atoms with Crippen molar-refractivity contribution >= 4 is 29.5 Å². The Morgan fingerprint density at radius 1 is 0.952 bits per heavy atom. The number of thioether (sulfide) groups is 2. The fraction of sp³-hybridized carbons (Fsp3) is 0.235. The predicted molar refractivity (Wildman–Crippen MR) is 89.6 cm³/mol. The van der Waals surface area contributed by atoms with Crippen LogP contribution in [0.5, 0.6) is 0 Å². The fourth-order valence-corrected chi connectivity index (χ4v) is 4.61. The van der Waals surface area contributed by atoms with Crippen molar-refractivity contribution in [2.24, 2.45) is 0 Å². The lowest BCUT2D eigenvalue weighted by Crippen LogP contribution is -2.21. The summed E-state index contributed by atoms with van der Waals surface area (Å²) in [6.45, 7) is 2.08. The van der Waals surface area contributed by atoms with Crippen molar-refractivity contribution in [2.45, 2.75) is 27.2 Å². The molecule has 0 fully saturated rings. The van der Waals surface area contributed by atoms with Gasteiger partial charge in [-0.2, -0.15) is 0 Å². The normalized spacial score (nSPS) is 11.1. The molecule has 0 N–H and O–H groups in total. The highest BCUT2D eigenvalue weighted by Gasteiger charge is 2.31. The molecule has 0 unspecified atom stereocenters. The third-order valence-corrected chi connectivity index (χ3v) is 5.52. The zero-order valence-electron chi connectivity index (χ0n) is 12.1. The third-order valence-electron chi connectivity index (χ3n) is 2.85. The molecule has 2 nitrogen and oxygen atoms in total. The summed E-state index contributed by atoms with van der Waals surface area (Å²) in [7, 11) is 1.43. The molecular weight excluding hydrogens is 300 g/mol. The van der Waals surface area contributed by atoms with Crippen LogP contribution in [0.25, 0.3) is 0 Å². The Bertz CT molecular complexity index is 528. The molecule has 0 aliphatic heterocycles. The summed E-state index contributed by atoms with van der Waals surface area (Å²) >= 11 is 3.38. The van der Waals surface area contributed by atoms with Crippen LogP contribution in [0.2, 0.25) is 0 Å². The second-order valence-electron chi connectivity index (χ2n) is 4.72. The highest BCUT2D eigenvalue weighted by molar-refractivity contribution is 8.18. The lowest BCUT2D eigenvalue weighted by atomic mass is 10.3. The Balaban J connectivity index is 2.19. The van der Waals surface area contributed by atoms with Crippen molar-refractivity contribution in [3.05, 3.63) is 60.7 Å². The number of methoxy groups -OCH3 is 1. The van der Waals surface area contributed by atoms with Crippen LogP contribution < -0.4 is 0 Å². The monoisotopic (exact) mass is 318 g/mol. The Morgan fingerprint density at radius 2 is 1.38 bits per heavy atom. The van der Waals surface area contributed by atoms with Gasteiger partial charge in [0.25, 0.3) is 0 Å². The van der Waals surface area contributed by atoms with Crippen LogP contribution in [-0.4, -0.2) is 17.2 Å². The van der Waals surface area contributed by atoms with Gasteiger partial charge in [-0.15, -0.1) is 23.5 Å². The first kappa shape index (κ1) is 16.0. The van der Waals surface area contributed by atoms with Crippen LogP contribution in [0.4, 0.5) is 0 Å². The van der Waals surface area contributed by atoms with Crippen LogP contribution in [-0.2, 0) is 9.53 Å². The van der Waals surface area contributed by atoms with Crippen LogP contribution in [0.1, 0.15) is 13.3 Å². The molecule has 0 aliphatic rings. The molecule has 2 aromatic carbocycles.